The number of allylic oxidation sites excluding steroid dienone is 1. The molecule has 0 saturated heterocycles. The van der Waals surface area contributed by atoms with Crippen LogP contribution in [0.2, 0.25) is 0 Å². The van der Waals surface area contributed by atoms with E-state index in [9.17, 15) is 0 Å². The van der Waals surface area contributed by atoms with Crippen molar-refractivity contribution in [1.82, 2.24) is 4.98 Å². The van der Waals surface area contributed by atoms with Gasteiger partial charge >= 0.3 is 17.4 Å². The molecular formula is C19H14Cl2CrN. The van der Waals surface area contributed by atoms with Gasteiger partial charge in [-0.05, 0) is 18.1 Å². The van der Waals surface area contributed by atoms with Gasteiger partial charge in [-0.3, -0.25) is 4.98 Å². The van der Waals surface area contributed by atoms with E-state index in [0.717, 1.165) is 11.2 Å². The van der Waals surface area contributed by atoms with Gasteiger partial charge in [0.1, 0.15) is 0 Å². The molecule has 0 amide bonds. The Bertz CT molecular complexity index is 845. The van der Waals surface area contributed by atoms with E-state index in [1.54, 1.807) is 0 Å². The van der Waals surface area contributed by atoms with Gasteiger partial charge in [-0.15, -0.1) is 23.3 Å². The molecule has 0 bridgehead atoms. The molecule has 1 aliphatic rings. The van der Waals surface area contributed by atoms with Crippen molar-refractivity contribution < 1.29 is 42.2 Å². The molecule has 0 spiro atoms. The van der Waals surface area contributed by atoms with Gasteiger partial charge < -0.3 is 24.8 Å². The first-order chi connectivity index (χ1) is 9.83. The van der Waals surface area contributed by atoms with E-state index in [1.807, 2.05) is 12.1 Å². The van der Waals surface area contributed by atoms with Crippen molar-refractivity contribution in [2.45, 2.75) is 12.8 Å². The summed E-state index contributed by atoms with van der Waals surface area (Å²) in [5.74, 6) is 0.246. The van der Waals surface area contributed by atoms with Crippen molar-refractivity contribution >= 4 is 10.9 Å². The molecule has 1 aromatic heterocycles. The second-order valence-electron chi connectivity index (χ2n) is 5.26. The van der Waals surface area contributed by atoms with Crippen LogP contribution in [0.1, 0.15) is 29.7 Å². The van der Waals surface area contributed by atoms with Crippen LogP contribution >= 0.6 is 0 Å². The standard InChI is InChI=1S/C19H14N.2ClH.Cr/c1-13-12-15-7-2-4-8-16(15)19(13)18-11-10-14-6-3-5-9-17(14)20-18;;;/h2-11,19H,1H3;2*1H;/q-1;;;+3/p-2. The molecule has 4 heteroatoms. The number of pyridine rings is 1. The summed E-state index contributed by atoms with van der Waals surface area (Å²) in [6.07, 6.45) is 3.47. The summed E-state index contributed by atoms with van der Waals surface area (Å²) in [5.41, 5.74) is 5.92. The molecule has 0 N–H and O–H groups in total. The molecule has 0 saturated carbocycles. The van der Waals surface area contributed by atoms with E-state index in [1.165, 1.54) is 22.1 Å². The van der Waals surface area contributed by atoms with Crippen molar-refractivity contribution in [3.63, 3.8) is 0 Å². The molecule has 1 radical (unpaired) electrons. The molecule has 23 heavy (non-hydrogen) atoms. The van der Waals surface area contributed by atoms with Crippen molar-refractivity contribution in [2.24, 2.45) is 0 Å². The molecule has 4 rings (SSSR count). The zero-order valence-electron chi connectivity index (χ0n) is 12.5. The molecule has 3 aromatic rings. The fourth-order valence-electron chi connectivity index (χ4n) is 3.00. The minimum atomic E-state index is 0. The van der Waals surface area contributed by atoms with E-state index < -0.39 is 0 Å². The molecule has 0 aliphatic heterocycles. The van der Waals surface area contributed by atoms with Crippen molar-refractivity contribution in [2.75, 3.05) is 0 Å². The molecule has 1 nitrogen and oxygen atoms in total. The van der Waals surface area contributed by atoms with Crippen LogP contribution in [0.25, 0.3) is 10.9 Å². The molecule has 1 aliphatic carbocycles. The number of halogens is 2. The van der Waals surface area contributed by atoms with Gasteiger partial charge in [0, 0.05) is 11.1 Å². The predicted molar refractivity (Wildman–Crippen MR) is 81.6 cm³/mol. The van der Waals surface area contributed by atoms with Crippen LogP contribution in [-0.4, -0.2) is 4.98 Å². The minimum Gasteiger partial charge on any atom is -1.00 e. The van der Waals surface area contributed by atoms with Gasteiger partial charge in [0.25, 0.3) is 0 Å². The first-order valence-electron chi connectivity index (χ1n) is 6.88. The van der Waals surface area contributed by atoms with Crippen LogP contribution < -0.4 is 24.8 Å². The van der Waals surface area contributed by atoms with Crippen LogP contribution in [0.3, 0.4) is 0 Å². The largest absolute Gasteiger partial charge is 3.00 e. The number of hydrogen-bond donors (Lipinski definition) is 0. The molecular weight excluding hydrogens is 365 g/mol. The molecule has 0 fully saturated rings. The number of aromatic nitrogens is 1. The number of benzene rings is 2. The Kier molecular flexibility index (Phi) is 6.87. The third-order valence-electron chi connectivity index (χ3n) is 3.95. The predicted octanol–water partition coefficient (Wildman–Crippen LogP) is -1.52. The molecule has 1 unspecified atom stereocenters. The van der Waals surface area contributed by atoms with Crippen molar-refractivity contribution in [3.8, 4) is 0 Å². The third kappa shape index (κ3) is 3.47. The van der Waals surface area contributed by atoms with Crippen LogP contribution in [0, 0.1) is 6.08 Å². The van der Waals surface area contributed by atoms with Crippen molar-refractivity contribution in [3.05, 3.63) is 89.1 Å². The number of para-hydroxylation sites is 1. The summed E-state index contributed by atoms with van der Waals surface area (Å²) >= 11 is 0. The number of hydrogen-bond acceptors (Lipinski definition) is 1. The third-order valence-corrected chi connectivity index (χ3v) is 3.95. The Morgan fingerprint density at radius 3 is 2.39 bits per heavy atom. The zero-order valence-corrected chi connectivity index (χ0v) is 15.2. The van der Waals surface area contributed by atoms with Gasteiger partial charge in [-0.2, -0.15) is 17.7 Å². The van der Waals surface area contributed by atoms with E-state index in [2.05, 4.69) is 61.5 Å². The average molecular weight is 379 g/mol. The van der Waals surface area contributed by atoms with Gasteiger partial charge in [0.2, 0.25) is 0 Å². The Labute approximate surface area is 159 Å². The first-order valence-corrected chi connectivity index (χ1v) is 6.88. The average Bonchev–Trinajstić information content (AvgIpc) is 2.82. The number of rotatable bonds is 1. The van der Waals surface area contributed by atoms with Gasteiger partial charge in [0.05, 0.1) is 5.52 Å². The topological polar surface area (TPSA) is 12.9 Å². The Morgan fingerprint density at radius 2 is 1.57 bits per heavy atom. The summed E-state index contributed by atoms with van der Waals surface area (Å²) in [6, 6.07) is 21.0. The second-order valence-corrected chi connectivity index (χ2v) is 5.26. The van der Waals surface area contributed by atoms with Crippen LogP contribution in [0.5, 0.6) is 0 Å². The van der Waals surface area contributed by atoms with Gasteiger partial charge in [-0.1, -0.05) is 37.3 Å². The summed E-state index contributed by atoms with van der Waals surface area (Å²) in [4.78, 5) is 4.85. The first kappa shape index (κ1) is 19.7. The Balaban J connectivity index is 0.000000882. The van der Waals surface area contributed by atoms with E-state index in [4.69, 9.17) is 4.98 Å². The van der Waals surface area contributed by atoms with Crippen LogP contribution in [0.4, 0.5) is 0 Å². The fourth-order valence-corrected chi connectivity index (χ4v) is 3.00. The maximum Gasteiger partial charge on any atom is 3.00 e. The molecule has 1 atom stereocenters. The van der Waals surface area contributed by atoms with Crippen molar-refractivity contribution in [1.29, 1.82) is 0 Å². The number of nitrogens with zero attached hydrogens (tertiary/aromatic N) is 1. The maximum absolute atomic E-state index is 4.85. The van der Waals surface area contributed by atoms with Crippen LogP contribution in [-0.2, 0) is 17.4 Å². The normalized spacial score (nSPS) is 14.8. The quantitative estimate of drug-likeness (QED) is 0.469. The molecule has 115 valence electrons. The number of fused-ring (bicyclic) bond motifs is 2. The van der Waals surface area contributed by atoms with Crippen LogP contribution in [0.15, 0.2) is 66.2 Å². The zero-order chi connectivity index (χ0) is 13.5. The Hall–Kier alpha value is -1.30. The fraction of sp³-hybridized carbons (Fsp3) is 0.105. The molecule has 1 heterocycles. The minimum absolute atomic E-state index is 0. The second kappa shape index (κ2) is 8.00. The van der Waals surface area contributed by atoms with E-state index in [0.29, 0.717) is 0 Å². The SMILES string of the molecule is CC1=[C-]c2ccccc2C1c1ccc2ccccc2n1.[Cl-].[Cl-].[Cr+3]. The monoisotopic (exact) mass is 378 g/mol. The van der Waals surface area contributed by atoms with E-state index >= 15 is 0 Å². The van der Waals surface area contributed by atoms with E-state index in [-0.39, 0.29) is 48.1 Å². The summed E-state index contributed by atoms with van der Waals surface area (Å²) < 4.78 is 0. The Morgan fingerprint density at radius 1 is 0.870 bits per heavy atom. The van der Waals surface area contributed by atoms with Gasteiger partial charge in [0.15, 0.2) is 0 Å². The summed E-state index contributed by atoms with van der Waals surface area (Å²) in [7, 11) is 0. The summed E-state index contributed by atoms with van der Waals surface area (Å²) in [5, 5.41) is 1.19. The maximum atomic E-state index is 4.85. The molecule has 2 aromatic carbocycles. The smallest absolute Gasteiger partial charge is 1.00 e. The summed E-state index contributed by atoms with van der Waals surface area (Å²) in [6.45, 7) is 2.14. The van der Waals surface area contributed by atoms with Gasteiger partial charge in [-0.25, -0.2) is 0 Å².